The summed E-state index contributed by atoms with van der Waals surface area (Å²) < 4.78 is 1.19. The van der Waals surface area contributed by atoms with Crippen molar-refractivity contribution in [1.29, 1.82) is 0 Å². The van der Waals surface area contributed by atoms with E-state index in [1.54, 1.807) is 0 Å². The number of hydrogen-bond donors (Lipinski definition) is 1. The van der Waals surface area contributed by atoms with E-state index in [1.165, 1.54) is 29.5 Å². The minimum absolute atomic E-state index is 0.669. The lowest BCUT2D eigenvalue weighted by atomic mass is 9.87. The third kappa shape index (κ3) is 2.18. The second-order valence-electron chi connectivity index (χ2n) is 4.10. The van der Waals surface area contributed by atoms with Gasteiger partial charge in [-0.05, 0) is 49.0 Å². The first kappa shape index (κ1) is 10.2. The van der Waals surface area contributed by atoms with E-state index in [4.69, 9.17) is 0 Å². The van der Waals surface area contributed by atoms with Gasteiger partial charge in [-0.2, -0.15) is 0 Å². The fraction of sp³-hybridized carbons (Fsp3) is 0.500. The lowest BCUT2D eigenvalue weighted by molar-refractivity contribution is 0.487. The first-order valence-corrected chi connectivity index (χ1v) is 6.03. The van der Waals surface area contributed by atoms with Gasteiger partial charge in [0, 0.05) is 4.47 Å². The third-order valence-electron chi connectivity index (χ3n) is 3.18. The maximum Gasteiger partial charge on any atom is 0.0178 e. The molecule has 14 heavy (non-hydrogen) atoms. The van der Waals surface area contributed by atoms with Crippen molar-refractivity contribution in [3.63, 3.8) is 0 Å². The molecule has 0 amide bonds. The van der Waals surface area contributed by atoms with Crippen molar-refractivity contribution in [2.24, 2.45) is 5.92 Å². The molecule has 0 radical (unpaired) electrons. The lowest BCUT2D eigenvalue weighted by Crippen LogP contribution is -2.14. The van der Waals surface area contributed by atoms with E-state index in [-0.39, 0.29) is 0 Å². The summed E-state index contributed by atoms with van der Waals surface area (Å²) in [5.74, 6) is 1.48. The Morgan fingerprint density at radius 2 is 2.36 bits per heavy atom. The van der Waals surface area contributed by atoms with Crippen molar-refractivity contribution in [2.75, 3.05) is 13.1 Å². The molecule has 1 aliphatic heterocycles. The Morgan fingerprint density at radius 1 is 1.50 bits per heavy atom. The molecule has 76 valence electrons. The topological polar surface area (TPSA) is 12.0 Å². The number of hydrogen-bond acceptors (Lipinski definition) is 1. The van der Waals surface area contributed by atoms with E-state index in [0.717, 1.165) is 5.92 Å². The summed E-state index contributed by atoms with van der Waals surface area (Å²) in [5, 5.41) is 3.43. The molecule has 2 rings (SSSR count). The van der Waals surface area contributed by atoms with Crippen molar-refractivity contribution in [1.82, 2.24) is 5.32 Å². The monoisotopic (exact) mass is 253 g/mol. The van der Waals surface area contributed by atoms with E-state index in [9.17, 15) is 0 Å². The minimum Gasteiger partial charge on any atom is -0.316 e. The Kier molecular flexibility index (Phi) is 3.24. The smallest absolute Gasteiger partial charge is 0.0178 e. The molecular weight excluding hydrogens is 238 g/mol. The SMILES string of the molecule is CC(c1cccc(Br)c1)C1CCNC1. The van der Waals surface area contributed by atoms with Crippen molar-refractivity contribution >= 4 is 15.9 Å². The number of benzene rings is 1. The van der Waals surface area contributed by atoms with Gasteiger partial charge in [0.2, 0.25) is 0 Å². The summed E-state index contributed by atoms with van der Waals surface area (Å²) >= 11 is 3.52. The standard InChI is InChI=1S/C12H16BrN/c1-9(11-5-6-14-8-11)10-3-2-4-12(13)7-10/h2-4,7,9,11,14H,5-6,8H2,1H3. The highest BCUT2D eigenvalue weighted by Gasteiger charge is 2.22. The summed E-state index contributed by atoms with van der Waals surface area (Å²) in [6, 6.07) is 8.68. The Labute approximate surface area is 94.0 Å². The second kappa shape index (κ2) is 4.45. The van der Waals surface area contributed by atoms with E-state index in [1.807, 2.05) is 0 Å². The Morgan fingerprint density at radius 3 is 3.00 bits per heavy atom. The molecule has 1 fully saturated rings. The highest BCUT2D eigenvalue weighted by atomic mass is 79.9. The lowest BCUT2D eigenvalue weighted by Gasteiger charge is -2.18. The fourth-order valence-electron chi connectivity index (χ4n) is 2.17. The Balaban J connectivity index is 2.13. The molecule has 0 spiro atoms. The quantitative estimate of drug-likeness (QED) is 0.854. The number of nitrogens with one attached hydrogen (secondary N) is 1. The molecule has 0 saturated carbocycles. The fourth-order valence-corrected chi connectivity index (χ4v) is 2.58. The molecule has 1 aromatic rings. The normalized spacial score (nSPS) is 23.7. The molecule has 1 aromatic carbocycles. The summed E-state index contributed by atoms with van der Waals surface area (Å²) in [4.78, 5) is 0. The zero-order chi connectivity index (χ0) is 9.97. The zero-order valence-electron chi connectivity index (χ0n) is 8.46. The predicted octanol–water partition coefficient (Wildman–Crippen LogP) is 3.16. The van der Waals surface area contributed by atoms with Gasteiger partial charge in [0.25, 0.3) is 0 Å². The van der Waals surface area contributed by atoms with Gasteiger partial charge in [0.1, 0.15) is 0 Å². The predicted molar refractivity (Wildman–Crippen MR) is 63.5 cm³/mol. The van der Waals surface area contributed by atoms with E-state index < -0.39 is 0 Å². The molecule has 1 aliphatic rings. The van der Waals surface area contributed by atoms with Crippen LogP contribution in [0, 0.1) is 5.92 Å². The van der Waals surface area contributed by atoms with Crippen LogP contribution in [-0.2, 0) is 0 Å². The van der Waals surface area contributed by atoms with Gasteiger partial charge in [-0.1, -0.05) is 35.0 Å². The van der Waals surface area contributed by atoms with Gasteiger partial charge in [0.05, 0.1) is 0 Å². The van der Waals surface area contributed by atoms with Crippen LogP contribution in [0.1, 0.15) is 24.8 Å². The highest BCUT2D eigenvalue weighted by molar-refractivity contribution is 9.10. The molecule has 1 heterocycles. The molecule has 0 bridgehead atoms. The van der Waals surface area contributed by atoms with Crippen LogP contribution in [0.2, 0.25) is 0 Å². The van der Waals surface area contributed by atoms with Gasteiger partial charge < -0.3 is 5.32 Å². The molecule has 1 N–H and O–H groups in total. The molecule has 2 heteroatoms. The van der Waals surface area contributed by atoms with Crippen LogP contribution in [0.5, 0.6) is 0 Å². The molecule has 1 saturated heterocycles. The van der Waals surface area contributed by atoms with E-state index in [2.05, 4.69) is 52.4 Å². The van der Waals surface area contributed by atoms with Gasteiger partial charge in [-0.15, -0.1) is 0 Å². The van der Waals surface area contributed by atoms with Crippen LogP contribution in [0.15, 0.2) is 28.7 Å². The van der Waals surface area contributed by atoms with E-state index >= 15 is 0 Å². The summed E-state index contributed by atoms with van der Waals surface area (Å²) in [5.41, 5.74) is 1.45. The van der Waals surface area contributed by atoms with Gasteiger partial charge in [0.15, 0.2) is 0 Å². The molecule has 2 unspecified atom stereocenters. The number of halogens is 1. The number of rotatable bonds is 2. The minimum atomic E-state index is 0.669. The van der Waals surface area contributed by atoms with Crippen LogP contribution in [0.25, 0.3) is 0 Å². The second-order valence-corrected chi connectivity index (χ2v) is 5.01. The third-order valence-corrected chi connectivity index (χ3v) is 3.67. The highest BCUT2D eigenvalue weighted by Crippen LogP contribution is 2.29. The van der Waals surface area contributed by atoms with Crippen molar-refractivity contribution in [3.05, 3.63) is 34.3 Å². The summed E-state index contributed by atoms with van der Waals surface area (Å²) in [6.45, 7) is 4.69. The van der Waals surface area contributed by atoms with Crippen LogP contribution < -0.4 is 5.32 Å². The maximum atomic E-state index is 3.52. The van der Waals surface area contributed by atoms with Crippen LogP contribution in [-0.4, -0.2) is 13.1 Å². The van der Waals surface area contributed by atoms with Gasteiger partial charge in [-0.3, -0.25) is 0 Å². The average Bonchev–Trinajstić information content (AvgIpc) is 2.69. The van der Waals surface area contributed by atoms with Crippen molar-refractivity contribution < 1.29 is 0 Å². The van der Waals surface area contributed by atoms with Gasteiger partial charge in [-0.25, -0.2) is 0 Å². The van der Waals surface area contributed by atoms with E-state index in [0.29, 0.717) is 5.92 Å². The van der Waals surface area contributed by atoms with Crippen LogP contribution >= 0.6 is 15.9 Å². The zero-order valence-corrected chi connectivity index (χ0v) is 10.0. The van der Waals surface area contributed by atoms with Gasteiger partial charge >= 0.3 is 0 Å². The maximum absolute atomic E-state index is 3.52. The summed E-state index contributed by atoms with van der Waals surface area (Å²) in [6.07, 6.45) is 1.31. The molecular formula is C12H16BrN. The average molecular weight is 254 g/mol. The first-order chi connectivity index (χ1) is 6.77. The molecule has 0 aromatic heterocycles. The Hall–Kier alpha value is -0.340. The largest absolute Gasteiger partial charge is 0.316 e. The molecule has 0 aliphatic carbocycles. The molecule has 2 atom stereocenters. The van der Waals surface area contributed by atoms with Crippen molar-refractivity contribution in [3.8, 4) is 0 Å². The Bertz CT molecular complexity index is 305. The van der Waals surface area contributed by atoms with Crippen molar-refractivity contribution in [2.45, 2.75) is 19.3 Å². The molecule has 1 nitrogen and oxygen atoms in total. The summed E-state index contributed by atoms with van der Waals surface area (Å²) in [7, 11) is 0. The first-order valence-electron chi connectivity index (χ1n) is 5.23. The van der Waals surface area contributed by atoms with Crippen LogP contribution in [0.4, 0.5) is 0 Å². The van der Waals surface area contributed by atoms with Crippen LogP contribution in [0.3, 0.4) is 0 Å².